The van der Waals surface area contributed by atoms with E-state index in [9.17, 15) is 9.59 Å². The van der Waals surface area contributed by atoms with Gasteiger partial charge in [-0.3, -0.25) is 4.79 Å². The second kappa shape index (κ2) is 8.09. The molecule has 1 aliphatic rings. The molecule has 0 radical (unpaired) electrons. The number of ether oxygens (including phenoxy) is 1. The molecule has 2 amide bonds. The highest BCUT2D eigenvalue weighted by Crippen LogP contribution is 2.22. The molecule has 0 bridgehead atoms. The molecule has 138 valence electrons. The number of carbonyl (C=O) groups excluding carboxylic acids is 2. The first-order valence-corrected chi connectivity index (χ1v) is 9.01. The minimum atomic E-state index is -0.530. The molecule has 0 aliphatic carbocycles. The van der Waals surface area contributed by atoms with Crippen molar-refractivity contribution < 1.29 is 14.3 Å². The van der Waals surface area contributed by atoms with Crippen LogP contribution in [0.15, 0.2) is 24.3 Å². The van der Waals surface area contributed by atoms with Gasteiger partial charge in [0, 0.05) is 31.7 Å². The van der Waals surface area contributed by atoms with E-state index in [1.807, 2.05) is 45.0 Å². The summed E-state index contributed by atoms with van der Waals surface area (Å²) in [6.07, 6.45) is 1.25. The van der Waals surface area contributed by atoms with Crippen LogP contribution < -0.4 is 0 Å². The molecule has 0 unspecified atom stereocenters. The van der Waals surface area contributed by atoms with Gasteiger partial charge in [-0.05, 0) is 51.3 Å². The summed E-state index contributed by atoms with van der Waals surface area (Å²) in [7, 11) is 1.79. The molecule has 0 spiro atoms. The van der Waals surface area contributed by atoms with Crippen molar-refractivity contribution in [1.82, 2.24) is 9.80 Å². The van der Waals surface area contributed by atoms with Gasteiger partial charge >= 0.3 is 6.09 Å². The molecule has 1 aliphatic heterocycles. The van der Waals surface area contributed by atoms with Gasteiger partial charge in [-0.25, -0.2) is 4.79 Å². The summed E-state index contributed by atoms with van der Waals surface area (Å²) < 4.78 is 5.42. The van der Waals surface area contributed by atoms with E-state index in [4.69, 9.17) is 16.3 Å². The molecule has 1 fully saturated rings. The SMILES string of the molecule is CN(Cc1cccc(Cl)c1)C(=O)[C@@H]1CCCN(C(=O)OC(C)(C)C)C1. The fourth-order valence-corrected chi connectivity index (χ4v) is 3.18. The van der Waals surface area contributed by atoms with Crippen LogP contribution in [0.5, 0.6) is 0 Å². The first-order chi connectivity index (χ1) is 11.7. The molecular weight excluding hydrogens is 340 g/mol. The molecule has 0 aromatic heterocycles. The molecule has 0 N–H and O–H groups in total. The van der Waals surface area contributed by atoms with Gasteiger partial charge < -0.3 is 14.5 Å². The zero-order valence-electron chi connectivity index (χ0n) is 15.4. The standard InChI is InChI=1S/C19H27ClN2O3/c1-19(2,3)25-18(24)22-10-6-8-15(13-22)17(23)21(4)12-14-7-5-9-16(20)11-14/h5,7,9,11,15H,6,8,10,12-13H2,1-4H3/t15-/m1/s1. The Balaban J connectivity index is 1.95. The van der Waals surface area contributed by atoms with Crippen molar-refractivity contribution in [2.24, 2.45) is 5.92 Å². The number of rotatable bonds is 3. The lowest BCUT2D eigenvalue weighted by Crippen LogP contribution is -2.47. The minimum absolute atomic E-state index is 0.0493. The molecule has 1 aromatic rings. The van der Waals surface area contributed by atoms with Crippen LogP contribution in [0.25, 0.3) is 0 Å². The van der Waals surface area contributed by atoms with E-state index >= 15 is 0 Å². The van der Waals surface area contributed by atoms with Gasteiger partial charge in [0.1, 0.15) is 5.60 Å². The van der Waals surface area contributed by atoms with Crippen molar-refractivity contribution in [3.05, 3.63) is 34.9 Å². The van der Waals surface area contributed by atoms with Crippen molar-refractivity contribution >= 4 is 23.6 Å². The van der Waals surface area contributed by atoms with Gasteiger partial charge in [-0.2, -0.15) is 0 Å². The maximum atomic E-state index is 12.8. The quantitative estimate of drug-likeness (QED) is 0.813. The van der Waals surface area contributed by atoms with E-state index in [1.54, 1.807) is 16.8 Å². The lowest BCUT2D eigenvalue weighted by Gasteiger charge is -2.35. The molecule has 2 rings (SSSR count). The van der Waals surface area contributed by atoms with E-state index < -0.39 is 5.60 Å². The highest BCUT2D eigenvalue weighted by molar-refractivity contribution is 6.30. The number of hydrogen-bond acceptors (Lipinski definition) is 3. The highest BCUT2D eigenvalue weighted by Gasteiger charge is 2.32. The molecule has 1 heterocycles. The summed E-state index contributed by atoms with van der Waals surface area (Å²) >= 11 is 6.00. The Morgan fingerprint density at radius 1 is 1.36 bits per heavy atom. The lowest BCUT2D eigenvalue weighted by atomic mass is 9.96. The minimum Gasteiger partial charge on any atom is -0.444 e. The van der Waals surface area contributed by atoms with Crippen LogP contribution in [-0.4, -0.2) is 47.5 Å². The molecule has 1 aromatic carbocycles. The molecule has 1 atom stereocenters. The summed E-state index contributed by atoms with van der Waals surface area (Å²) in [5, 5.41) is 0.659. The fraction of sp³-hybridized carbons (Fsp3) is 0.579. The third kappa shape index (κ3) is 5.92. The summed E-state index contributed by atoms with van der Waals surface area (Å²) in [5.41, 5.74) is 0.459. The second-order valence-corrected chi connectivity index (χ2v) is 8.03. The number of piperidine rings is 1. The van der Waals surface area contributed by atoms with Gasteiger partial charge in [0.05, 0.1) is 5.92 Å². The van der Waals surface area contributed by atoms with Gasteiger partial charge in [0.25, 0.3) is 0 Å². The fourth-order valence-electron chi connectivity index (χ4n) is 2.97. The van der Waals surface area contributed by atoms with Crippen LogP contribution in [-0.2, 0) is 16.1 Å². The average Bonchev–Trinajstić information content (AvgIpc) is 2.52. The number of amides is 2. The number of benzene rings is 1. The van der Waals surface area contributed by atoms with E-state index in [-0.39, 0.29) is 17.9 Å². The number of nitrogens with zero attached hydrogens (tertiary/aromatic N) is 2. The van der Waals surface area contributed by atoms with Crippen molar-refractivity contribution in [2.45, 2.75) is 45.8 Å². The Morgan fingerprint density at radius 3 is 2.72 bits per heavy atom. The number of likely N-dealkylation sites (tertiary alicyclic amines) is 1. The predicted octanol–water partition coefficient (Wildman–Crippen LogP) is 3.95. The van der Waals surface area contributed by atoms with Gasteiger partial charge in [-0.15, -0.1) is 0 Å². The highest BCUT2D eigenvalue weighted by atomic mass is 35.5. The lowest BCUT2D eigenvalue weighted by molar-refractivity contribution is -0.136. The summed E-state index contributed by atoms with van der Waals surface area (Å²) in [4.78, 5) is 28.3. The third-order valence-corrected chi connectivity index (χ3v) is 4.34. The maximum Gasteiger partial charge on any atom is 0.410 e. The van der Waals surface area contributed by atoms with Crippen molar-refractivity contribution in [3.63, 3.8) is 0 Å². The van der Waals surface area contributed by atoms with Crippen molar-refractivity contribution in [1.29, 1.82) is 0 Å². The average molecular weight is 367 g/mol. The van der Waals surface area contributed by atoms with Crippen LogP contribution >= 0.6 is 11.6 Å². The molecule has 6 heteroatoms. The topological polar surface area (TPSA) is 49.9 Å². The van der Waals surface area contributed by atoms with Crippen LogP contribution in [0.1, 0.15) is 39.2 Å². The number of halogens is 1. The number of carbonyl (C=O) groups is 2. The molecule has 1 saturated heterocycles. The molecular formula is C19H27ClN2O3. The zero-order chi connectivity index (χ0) is 18.6. The van der Waals surface area contributed by atoms with E-state index in [1.165, 1.54) is 0 Å². The molecule has 0 saturated carbocycles. The molecule has 5 nitrogen and oxygen atoms in total. The summed E-state index contributed by atoms with van der Waals surface area (Å²) in [6.45, 7) is 7.08. The van der Waals surface area contributed by atoms with Crippen LogP contribution in [0, 0.1) is 5.92 Å². The zero-order valence-corrected chi connectivity index (χ0v) is 16.2. The van der Waals surface area contributed by atoms with Crippen molar-refractivity contribution in [3.8, 4) is 0 Å². The van der Waals surface area contributed by atoms with E-state index in [2.05, 4.69) is 0 Å². The predicted molar refractivity (Wildman–Crippen MR) is 98.5 cm³/mol. The number of hydrogen-bond donors (Lipinski definition) is 0. The second-order valence-electron chi connectivity index (χ2n) is 7.59. The van der Waals surface area contributed by atoms with Gasteiger partial charge in [0.2, 0.25) is 5.91 Å². The van der Waals surface area contributed by atoms with Crippen molar-refractivity contribution in [2.75, 3.05) is 20.1 Å². The third-order valence-electron chi connectivity index (χ3n) is 4.11. The maximum absolute atomic E-state index is 12.8. The van der Waals surface area contributed by atoms with E-state index in [0.29, 0.717) is 24.7 Å². The van der Waals surface area contributed by atoms with Crippen LogP contribution in [0.2, 0.25) is 5.02 Å². The Bertz CT molecular complexity index is 627. The van der Waals surface area contributed by atoms with Gasteiger partial charge in [0.15, 0.2) is 0 Å². The Morgan fingerprint density at radius 2 is 2.08 bits per heavy atom. The first kappa shape index (κ1) is 19.6. The van der Waals surface area contributed by atoms with Crippen LogP contribution in [0.3, 0.4) is 0 Å². The monoisotopic (exact) mass is 366 g/mol. The summed E-state index contributed by atoms with van der Waals surface area (Å²) in [5.74, 6) is -0.140. The first-order valence-electron chi connectivity index (χ1n) is 8.63. The Kier molecular flexibility index (Phi) is 6.33. The molecule has 25 heavy (non-hydrogen) atoms. The van der Waals surface area contributed by atoms with Crippen LogP contribution in [0.4, 0.5) is 4.79 Å². The Labute approximate surface area is 154 Å². The summed E-state index contributed by atoms with van der Waals surface area (Å²) in [6, 6.07) is 7.50. The largest absolute Gasteiger partial charge is 0.444 e. The van der Waals surface area contributed by atoms with Gasteiger partial charge in [-0.1, -0.05) is 23.7 Å². The Hall–Kier alpha value is -1.75. The normalized spacial score (nSPS) is 18.0. The smallest absolute Gasteiger partial charge is 0.410 e. The van der Waals surface area contributed by atoms with E-state index in [0.717, 1.165) is 18.4 Å².